The number of benzene rings is 2. The molecule has 2 aliphatic heterocycles. The van der Waals surface area contributed by atoms with E-state index in [1.807, 2.05) is 35.2 Å². The van der Waals surface area contributed by atoms with E-state index in [2.05, 4.69) is 17.6 Å². The lowest BCUT2D eigenvalue weighted by Gasteiger charge is -2.30. The number of nitrogens with zero attached hydrogens (tertiary/aromatic N) is 1. The lowest BCUT2D eigenvalue weighted by molar-refractivity contribution is -0.134. The second kappa shape index (κ2) is 13.3. The van der Waals surface area contributed by atoms with Crippen LogP contribution in [0.15, 0.2) is 48.5 Å². The number of carbonyl (C=O) groups is 2. The fraction of sp³-hybridized carbons (Fsp3) is 0.562. The van der Waals surface area contributed by atoms with Gasteiger partial charge in [0, 0.05) is 38.2 Å². The van der Waals surface area contributed by atoms with Crippen LogP contribution in [0.4, 0.5) is 8.78 Å². The summed E-state index contributed by atoms with van der Waals surface area (Å²) in [5, 5.41) is 17.8. The second-order valence-corrected chi connectivity index (χ2v) is 11.9. The van der Waals surface area contributed by atoms with E-state index in [1.54, 1.807) is 0 Å². The molecule has 3 fully saturated rings. The van der Waals surface area contributed by atoms with Crippen molar-refractivity contribution in [3.8, 4) is 5.75 Å². The number of unbranched alkanes of at least 4 members (excludes halogenated alkanes) is 2. The summed E-state index contributed by atoms with van der Waals surface area (Å²) in [6, 6.07) is 11.5. The standard InChI is InChI=1S/C32H41F2N3O4/c1-2-3-7-12-37-19-26(29(32(37)40)21-10-11-21)31(39)36-28(15-20-13-22(33)16-23(34)14-20)30(38)27-17-25(18-35-27)41-24-8-5-4-6-9-24/h4-6,8-9,13-14,16,21,25-30,35,38H,2-3,7,10-12,15,17-19H2,1H3,(H,36,39)/t25-,26?,27-,28+,29?,30-/m1/s1. The van der Waals surface area contributed by atoms with Gasteiger partial charge in [0.15, 0.2) is 0 Å². The van der Waals surface area contributed by atoms with Gasteiger partial charge in [-0.2, -0.15) is 0 Å². The van der Waals surface area contributed by atoms with Gasteiger partial charge >= 0.3 is 0 Å². The fourth-order valence-electron chi connectivity index (χ4n) is 6.39. The number of ether oxygens (including phenoxy) is 1. The molecule has 1 aliphatic carbocycles. The van der Waals surface area contributed by atoms with Gasteiger partial charge in [-0.15, -0.1) is 0 Å². The zero-order valence-electron chi connectivity index (χ0n) is 23.6. The number of hydrogen-bond donors (Lipinski definition) is 3. The van der Waals surface area contributed by atoms with Gasteiger partial charge in [-0.3, -0.25) is 9.59 Å². The molecule has 0 bridgehead atoms. The first-order valence-electron chi connectivity index (χ1n) is 15.0. The molecular formula is C32H41F2N3O4. The molecule has 2 unspecified atom stereocenters. The van der Waals surface area contributed by atoms with Crippen LogP contribution in [0.2, 0.25) is 0 Å². The van der Waals surface area contributed by atoms with Gasteiger partial charge in [-0.05, 0) is 61.4 Å². The molecule has 222 valence electrons. The van der Waals surface area contributed by atoms with Crippen molar-refractivity contribution >= 4 is 11.8 Å². The van der Waals surface area contributed by atoms with Crippen LogP contribution in [-0.4, -0.2) is 65.7 Å². The SMILES string of the molecule is CCCCCN1CC(C(=O)N[C@@H](Cc2cc(F)cc(F)c2)[C@H](O)[C@H]2C[C@@H](Oc3ccccc3)CN2)C(C2CC2)C1=O. The maximum atomic E-state index is 14.0. The number of aliphatic hydroxyl groups excluding tert-OH is 1. The Balaban J connectivity index is 1.30. The van der Waals surface area contributed by atoms with Gasteiger partial charge in [0.25, 0.3) is 0 Å². The Morgan fingerprint density at radius 1 is 1.15 bits per heavy atom. The van der Waals surface area contributed by atoms with E-state index in [4.69, 9.17) is 4.74 Å². The monoisotopic (exact) mass is 569 g/mol. The molecule has 7 nitrogen and oxygen atoms in total. The number of para-hydroxylation sites is 1. The summed E-state index contributed by atoms with van der Waals surface area (Å²) in [5.41, 5.74) is 0.337. The van der Waals surface area contributed by atoms with Crippen LogP contribution in [0, 0.1) is 29.4 Å². The van der Waals surface area contributed by atoms with Gasteiger partial charge in [0.2, 0.25) is 11.8 Å². The number of nitrogens with one attached hydrogen (secondary N) is 2. The summed E-state index contributed by atoms with van der Waals surface area (Å²) in [6.45, 7) is 3.63. The normalized spacial score (nSPS) is 25.8. The van der Waals surface area contributed by atoms with Crippen molar-refractivity contribution in [2.24, 2.45) is 17.8 Å². The maximum absolute atomic E-state index is 14.0. The van der Waals surface area contributed by atoms with E-state index in [1.165, 1.54) is 12.1 Å². The average molecular weight is 570 g/mol. The molecule has 6 atom stereocenters. The van der Waals surface area contributed by atoms with Crippen LogP contribution >= 0.6 is 0 Å². The highest BCUT2D eigenvalue weighted by Gasteiger charge is 2.51. The lowest BCUT2D eigenvalue weighted by atomic mass is 9.88. The Bertz CT molecular complexity index is 1170. The molecule has 3 aliphatic rings. The first-order valence-corrected chi connectivity index (χ1v) is 15.0. The highest BCUT2D eigenvalue weighted by Crippen LogP contribution is 2.45. The molecule has 9 heteroatoms. The fourth-order valence-corrected chi connectivity index (χ4v) is 6.39. The second-order valence-electron chi connectivity index (χ2n) is 11.9. The Morgan fingerprint density at radius 2 is 1.88 bits per heavy atom. The van der Waals surface area contributed by atoms with Crippen molar-refractivity contribution in [2.75, 3.05) is 19.6 Å². The van der Waals surface area contributed by atoms with Crippen molar-refractivity contribution in [3.05, 3.63) is 65.7 Å². The number of halogens is 2. The number of likely N-dealkylation sites (tertiary alicyclic amines) is 1. The summed E-state index contributed by atoms with van der Waals surface area (Å²) < 4.78 is 34.1. The van der Waals surface area contributed by atoms with Crippen LogP contribution in [0.1, 0.15) is 51.0 Å². The molecule has 41 heavy (non-hydrogen) atoms. The van der Waals surface area contributed by atoms with E-state index in [9.17, 15) is 23.5 Å². The summed E-state index contributed by atoms with van der Waals surface area (Å²) in [7, 11) is 0. The lowest BCUT2D eigenvalue weighted by Crippen LogP contribution is -2.54. The predicted molar refractivity (Wildman–Crippen MR) is 151 cm³/mol. The van der Waals surface area contributed by atoms with Gasteiger partial charge < -0.3 is 25.4 Å². The number of carbonyl (C=O) groups excluding carboxylic acids is 2. The summed E-state index contributed by atoms with van der Waals surface area (Å²) in [4.78, 5) is 28.9. The smallest absolute Gasteiger partial charge is 0.226 e. The molecule has 2 saturated heterocycles. The minimum Gasteiger partial charge on any atom is -0.489 e. The van der Waals surface area contributed by atoms with Crippen molar-refractivity contribution < 1.29 is 28.2 Å². The molecule has 0 spiro atoms. The molecular weight excluding hydrogens is 528 g/mol. The topological polar surface area (TPSA) is 90.9 Å². The van der Waals surface area contributed by atoms with Crippen molar-refractivity contribution in [1.82, 2.24) is 15.5 Å². The van der Waals surface area contributed by atoms with E-state index >= 15 is 0 Å². The Labute approximate surface area is 240 Å². The van der Waals surface area contributed by atoms with E-state index in [0.29, 0.717) is 31.6 Å². The number of rotatable bonds is 13. The maximum Gasteiger partial charge on any atom is 0.226 e. The zero-order valence-corrected chi connectivity index (χ0v) is 23.6. The molecule has 5 rings (SSSR count). The van der Waals surface area contributed by atoms with Gasteiger partial charge in [0.1, 0.15) is 23.5 Å². The van der Waals surface area contributed by atoms with E-state index in [0.717, 1.165) is 43.9 Å². The largest absolute Gasteiger partial charge is 0.489 e. The Morgan fingerprint density at radius 3 is 2.56 bits per heavy atom. The third-order valence-electron chi connectivity index (χ3n) is 8.65. The minimum atomic E-state index is -1.05. The van der Waals surface area contributed by atoms with Crippen molar-refractivity contribution in [1.29, 1.82) is 0 Å². The molecule has 0 radical (unpaired) electrons. The molecule has 2 aromatic rings. The molecule has 2 aromatic carbocycles. The third-order valence-corrected chi connectivity index (χ3v) is 8.65. The summed E-state index contributed by atoms with van der Waals surface area (Å²) in [6.07, 6.45) is 4.16. The Kier molecular flexibility index (Phi) is 9.55. The van der Waals surface area contributed by atoms with Crippen LogP contribution in [0.25, 0.3) is 0 Å². The van der Waals surface area contributed by atoms with Crippen molar-refractivity contribution in [3.63, 3.8) is 0 Å². The molecule has 0 aromatic heterocycles. The molecule has 2 amide bonds. The molecule has 2 heterocycles. The van der Waals surface area contributed by atoms with Crippen LogP contribution in [0.3, 0.4) is 0 Å². The number of aliphatic hydroxyl groups is 1. The quantitative estimate of drug-likeness (QED) is 0.319. The van der Waals surface area contributed by atoms with Crippen LogP contribution in [-0.2, 0) is 16.0 Å². The first-order chi connectivity index (χ1) is 19.8. The van der Waals surface area contributed by atoms with E-state index < -0.39 is 35.7 Å². The summed E-state index contributed by atoms with van der Waals surface area (Å²) in [5.74, 6) is -1.59. The predicted octanol–water partition coefficient (Wildman–Crippen LogP) is 3.84. The highest BCUT2D eigenvalue weighted by molar-refractivity contribution is 5.91. The van der Waals surface area contributed by atoms with Crippen LogP contribution < -0.4 is 15.4 Å². The average Bonchev–Trinajstić information content (AvgIpc) is 3.58. The van der Waals surface area contributed by atoms with Gasteiger partial charge in [-0.1, -0.05) is 38.0 Å². The zero-order chi connectivity index (χ0) is 28.9. The minimum absolute atomic E-state index is 0.0406. The Hall–Kier alpha value is -3.04. The third kappa shape index (κ3) is 7.43. The number of amides is 2. The molecule has 1 saturated carbocycles. The number of hydrogen-bond acceptors (Lipinski definition) is 5. The first kappa shape index (κ1) is 29.5. The van der Waals surface area contributed by atoms with Gasteiger partial charge in [-0.25, -0.2) is 8.78 Å². The molecule has 3 N–H and O–H groups in total. The van der Waals surface area contributed by atoms with Gasteiger partial charge in [0.05, 0.1) is 24.0 Å². The van der Waals surface area contributed by atoms with E-state index in [-0.39, 0.29) is 36.2 Å². The summed E-state index contributed by atoms with van der Waals surface area (Å²) >= 11 is 0. The highest BCUT2D eigenvalue weighted by atomic mass is 19.1. The van der Waals surface area contributed by atoms with Crippen LogP contribution in [0.5, 0.6) is 5.75 Å². The van der Waals surface area contributed by atoms with Crippen molar-refractivity contribution in [2.45, 2.75) is 76.2 Å².